The van der Waals surface area contributed by atoms with Gasteiger partial charge in [0.05, 0.1) is 6.61 Å². The van der Waals surface area contributed by atoms with Crippen LogP contribution in [0.25, 0.3) is 0 Å². The zero-order chi connectivity index (χ0) is 12.7. The van der Waals surface area contributed by atoms with E-state index in [4.69, 9.17) is 10.5 Å². The third-order valence-corrected chi connectivity index (χ3v) is 3.39. The highest BCUT2D eigenvalue weighted by atomic mass is 16.5. The van der Waals surface area contributed by atoms with E-state index in [0.717, 1.165) is 6.54 Å². The molecule has 0 radical (unpaired) electrons. The molecule has 0 aliphatic carbocycles. The third kappa shape index (κ3) is 4.64. The first kappa shape index (κ1) is 14.5. The van der Waals surface area contributed by atoms with Crippen LogP contribution in [0.5, 0.6) is 0 Å². The summed E-state index contributed by atoms with van der Waals surface area (Å²) in [5.41, 5.74) is 5.88. The second-order valence-corrected chi connectivity index (χ2v) is 4.79. The Morgan fingerprint density at radius 2 is 2.24 bits per heavy atom. The molecular weight excluding hydrogens is 216 g/mol. The highest BCUT2D eigenvalue weighted by Gasteiger charge is 2.26. The minimum atomic E-state index is -0.493. The number of ether oxygens (including phenoxy) is 1. The largest absolute Gasteiger partial charge is 0.465 e. The van der Waals surface area contributed by atoms with Crippen LogP contribution in [0.4, 0.5) is 0 Å². The second-order valence-electron chi connectivity index (χ2n) is 4.79. The summed E-state index contributed by atoms with van der Waals surface area (Å²) in [6.07, 6.45) is 6.15. The molecule has 1 rings (SSSR count). The van der Waals surface area contributed by atoms with E-state index >= 15 is 0 Å². The van der Waals surface area contributed by atoms with Crippen molar-refractivity contribution in [1.29, 1.82) is 0 Å². The number of esters is 1. The molecule has 100 valence electrons. The number of nitrogens with two attached hydrogens (primary N) is 1. The van der Waals surface area contributed by atoms with E-state index in [9.17, 15) is 4.79 Å². The van der Waals surface area contributed by atoms with Crippen LogP contribution in [0.15, 0.2) is 0 Å². The molecule has 2 N–H and O–H groups in total. The number of nitrogens with zero attached hydrogens (tertiary/aromatic N) is 1. The summed E-state index contributed by atoms with van der Waals surface area (Å²) in [6, 6.07) is 0.113. The second kappa shape index (κ2) is 7.67. The van der Waals surface area contributed by atoms with Gasteiger partial charge in [-0.15, -0.1) is 0 Å². The molecule has 0 spiro atoms. The summed E-state index contributed by atoms with van der Waals surface area (Å²) in [5, 5.41) is 0. The molecule has 2 unspecified atom stereocenters. The Hall–Kier alpha value is -0.610. The molecule has 2 atom stereocenters. The highest BCUT2D eigenvalue weighted by Crippen LogP contribution is 2.20. The van der Waals surface area contributed by atoms with Gasteiger partial charge in [-0.1, -0.05) is 19.8 Å². The van der Waals surface area contributed by atoms with Crippen LogP contribution in [0.2, 0.25) is 0 Å². The van der Waals surface area contributed by atoms with Crippen molar-refractivity contribution >= 4 is 5.97 Å². The van der Waals surface area contributed by atoms with Crippen molar-refractivity contribution in [3.8, 4) is 0 Å². The molecule has 0 aromatic rings. The minimum Gasteiger partial charge on any atom is -0.465 e. The van der Waals surface area contributed by atoms with Gasteiger partial charge in [-0.3, -0.25) is 9.69 Å². The van der Waals surface area contributed by atoms with Gasteiger partial charge in [0.2, 0.25) is 0 Å². The predicted octanol–water partition coefficient (Wildman–Crippen LogP) is 1.53. The van der Waals surface area contributed by atoms with Gasteiger partial charge in [-0.2, -0.15) is 0 Å². The zero-order valence-corrected chi connectivity index (χ0v) is 11.2. The number of hydrogen-bond donors (Lipinski definition) is 1. The van der Waals surface area contributed by atoms with Crippen LogP contribution < -0.4 is 5.73 Å². The number of hydrogen-bond acceptors (Lipinski definition) is 4. The van der Waals surface area contributed by atoms with Crippen molar-refractivity contribution in [2.45, 2.75) is 58.0 Å². The van der Waals surface area contributed by atoms with Gasteiger partial charge in [0.15, 0.2) is 0 Å². The van der Waals surface area contributed by atoms with E-state index in [1.807, 2.05) is 6.92 Å². The van der Waals surface area contributed by atoms with Crippen molar-refractivity contribution in [1.82, 2.24) is 4.90 Å². The molecule has 17 heavy (non-hydrogen) atoms. The SMILES string of the molecule is CCCC1CCCCN1CC(N)C(=O)OCC. The van der Waals surface area contributed by atoms with Crippen molar-refractivity contribution in [3.63, 3.8) is 0 Å². The Labute approximate surface area is 104 Å². The van der Waals surface area contributed by atoms with Crippen molar-refractivity contribution in [3.05, 3.63) is 0 Å². The van der Waals surface area contributed by atoms with E-state index < -0.39 is 6.04 Å². The highest BCUT2D eigenvalue weighted by molar-refractivity contribution is 5.75. The van der Waals surface area contributed by atoms with E-state index in [-0.39, 0.29) is 5.97 Å². The van der Waals surface area contributed by atoms with E-state index in [2.05, 4.69) is 11.8 Å². The fraction of sp³-hybridized carbons (Fsp3) is 0.923. The van der Waals surface area contributed by atoms with Crippen molar-refractivity contribution in [2.75, 3.05) is 19.7 Å². The first-order chi connectivity index (χ1) is 8.19. The lowest BCUT2D eigenvalue weighted by Gasteiger charge is -2.36. The molecule has 1 fully saturated rings. The van der Waals surface area contributed by atoms with Crippen LogP contribution in [-0.4, -0.2) is 42.6 Å². The average Bonchev–Trinajstić information content (AvgIpc) is 2.32. The summed E-state index contributed by atoms with van der Waals surface area (Å²) in [4.78, 5) is 13.9. The topological polar surface area (TPSA) is 55.6 Å². The molecular formula is C13H26N2O2. The molecule has 1 aliphatic rings. The van der Waals surface area contributed by atoms with Crippen LogP contribution >= 0.6 is 0 Å². The lowest BCUT2D eigenvalue weighted by atomic mass is 9.97. The number of rotatable bonds is 6. The maximum atomic E-state index is 11.5. The molecule has 0 bridgehead atoms. The zero-order valence-electron chi connectivity index (χ0n) is 11.2. The van der Waals surface area contributed by atoms with Gasteiger partial charge < -0.3 is 10.5 Å². The summed E-state index contributed by atoms with van der Waals surface area (Å²) in [6.45, 7) is 6.13. The van der Waals surface area contributed by atoms with E-state index in [1.165, 1.54) is 32.1 Å². The first-order valence-corrected chi connectivity index (χ1v) is 6.85. The van der Waals surface area contributed by atoms with Crippen LogP contribution in [0, 0.1) is 0 Å². The smallest absolute Gasteiger partial charge is 0.324 e. The number of likely N-dealkylation sites (tertiary alicyclic amines) is 1. The fourth-order valence-electron chi connectivity index (χ4n) is 2.54. The normalized spacial score (nSPS) is 23.4. The molecule has 4 nitrogen and oxygen atoms in total. The lowest BCUT2D eigenvalue weighted by molar-refractivity contribution is -0.145. The fourth-order valence-corrected chi connectivity index (χ4v) is 2.54. The summed E-state index contributed by atoms with van der Waals surface area (Å²) < 4.78 is 4.95. The maximum Gasteiger partial charge on any atom is 0.324 e. The molecule has 0 aromatic heterocycles. The van der Waals surface area contributed by atoms with Crippen molar-refractivity contribution in [2.24, 2.45) is 5.73 Å². The van der Waals surface area contributed by atoms with Gasteiger partial charge in [0, 0.05) is 12.6 Å². The Kier molecular flexibility index (Phi) is 6.52. The van der Waals surface area contributed by atoms with Gasteiger partial charge in [0.1, 0.15) is 6.04 Å². The molecule has 0 saturated carbocycles. The van der Waals surface area contributed by atoms with Crippen LogP contribution in [0.3, 0.4) is 0 Å². The first-order valence-electron chi connectivity index (χ1n) is 6.85. The lowest BCUT2D eigenvalue weighted by Crippen LogP contribution is -2.49. The Morgan fingerprint density at radius 1 is 1.47 bits per heavy atom. The Bertz CT molecular complexity index is 231. The average molecular weight is 242 g/mol. The van der Waals surface area contributed by atoms with Crippen LogP contribution in [0.1, 0.15) is 46.0 Å². The number of carbonyl (C=O) groups is 1. The van der Waals surface area contributed by atoms with Gasteiger partial charge in [-0.05, 0) is 32.7 Å². The molecule has 4 heteroatoms. The number of piperidine rings is 1. The molecule has 1 heterocycles. The van der Waals surface area contributed by atoms with E-state index in [0.29, 0.717) is 19.2 Å². The summed E-state index contributed by atoms with van der Waals surface area (Å²) in [7, 11) is 0. The van der Waals surface area contributed by atoms with Gasteiger partial charge in [0.25, 0.3) is 0 Å². The summed E-state index contributed by atoms with van der Waals surface area (Å²) >= 11 is 0. The molecule has 1 aliphatic heterocycles. The standard InChI is InChI=1S/C13H26N2O2/c1-3-7-11-8-5-6-9-15(11)10-12(14)13(16)17-4-2/h11-12H,3-10,14H2,1-2H3. The predicted molar refractivity (Wildman–Crippen MR) is 68.7 cm³/mol. The third-order valence-electron chi connectivity index (χ3n) is 3.39. The Morgan fingerprint density at radius 3 is 2.88 bits per heavy atom. The molecule has 0 aromatic carbocycles. The monoisotopic (exact) mass is 242 g/mol. The minimum absolute atomic E-state index is 0.270. The Balaban J connectivity index is 2.43. The molecule has 1 saturated heterocycles. The van der Waals surface area contributed by atoms with E-state index in [1.54, 1.807) is 0 Å². The maximum absolute atomic E-state index is 11.5. The van der Waals surface area contributed by atoms with Gasteiger partial charge >= 0.3 is 5.97 Å². The summed E-state index contributed by atoms with van der Waals surface area (Å²) in [5.74, 6) is -0.270. The van der Waals surface area contributed by atoms with Crippen LogP contribution in [-0.2, 0) is 9.53 Å². The van der Waals surface area contributed by atoms with Crippen molar-refractivity contribution < 1.29 is 9.53 Å². The van der Waals surface area contributed by atoms with Gasteiger partial charge in [-0.25, -0.2) is 0 Å². The quantitative estimate of drug-likeness (QED) is 0.718. The number of carbonyl (C=O) groups excluding carboxylic acids is 1. The molecule has 0 amide bonds.